The van der Waals surface area contributed by atoms with E-state index >= 15 is 0 Å². The number of benzene rings is 2. The van der Waals surface area contributed by atoms with Crippen molar-refractivity contribution in [1.82, 2.24) is 14.5 Å². The summed E-state index contributed by atoms with van der Waals surface area (Å²) >= 11 is 1.28. The molecule has 28 heavy (non-hydrogen) atoms. The molecule has 0 bridgehead atoms. The topological polar surface area (TPSA) is 79.0 Å². The molecule has 7 heteroatoms. The molecule has 6 nitrogen and oxygen atoms in total. The van der Waals surface area contributed by atoms with E-state index in [1.165, 1.54) is 11.8 Å². The SMILES string of the molecule is CCn1c(S[C@@H](C)C(=O)N(C)CCC#N)nc2cc3ccccc3cc2c1=O. The zero-order valence-electron chi connectivity index (χ0n) is 16.2. The van der Waals surface area contributed by atoms with E-state index in [0.29, 0.717) is 35.6 Å². The van der Waals surface area contributed by atoms with Gasteiger partial charge in [-0.3, -0.25) is 14.2 Å². The number of hydrogen-bond acceptors (Lipinski definition) is 5. The van der Waals surface area contributed by atoms with E-state index < -0.39 is 5.25 Å². The van der Waals surface area contributed by atoms with Crippen LogP contribution in [-0.2, 0) is 11.3 Å². The summed E-state index contributed by atoms with van der Waals surface area (Å²) in [5, 5.41) is 11.4. The van der Waals surface area contributed by atoms with Gasteiger partial charge >= 0.3 is 0 Å². The normalized spacial score (nSPS) is 12.1. The maximum atomic E-state index is 13.0. The highest BCUT2D eigenvalue weighted by atomic mass is 32.2. The fourth-order valence-corrected chi connectivity index (χ4v) is 4.19. The Morgan fingerprint density at radius 2 is 2.00 bits per heavy atom. The average molecular weight is 395 g/mol. The quantitative estimate of drug-likeness (QED) is 0.364. The summed E-state index contributed by atoms with van der Waals surface area (Å²) in [5.74, 6) is -0.0873. The molecule has 3 aromatic rings. The van der Waals surface area contributed by atoms with E-state index in [-0.39, 0.29) is 11.5 Å². The zero-order valence-corrected chi connectivity index (χ0v) is 17.0. The Balaban J connectivity index is 2.00. The molecule has 0 radical (unpaired) electrons. The molecular formula is C21H22N4O2S. The van der Waals surface area contributed by atoms with Crippen LogP contribution in [0.15, 0.2) is 46.3 Å². The number of rotatable bonds is 6. The number of nitrogens with zero attached hydrogens (tertiary/aromatic N) is 4. The first-order chi connectivity index (χ1) is 13.5. The van der Waals surface area contributed by atoms with E-state index in [2.05, 4.69) is 0 Å². The van der Waals surface area contributed by atoms with Crippen molar-refractivity contribution in [2.75, 3.05) is 13.6 Å². The van der Waals surface area contributed by atoms with Gasteiger partial charge in [0.1, 0.15) is 0 Å². The van der Waals surface area contributed by atoms with Gasteiger partial charge in [-0.15, -0.1) is 0 Å². The number of thioether (sulfide) groups is 1. The summed E-state index contributed by atoms with van der Waals surface area (Å²) in [6.45, 7) is 4.55. The van der Waals surface area contributed by atoms with Crippen molar-refractivity contribution in [3.8, 4) is 6.07 Å². The average Bonchev–Trinajstić information content (AvgIpc) is 2.70. The zero-order chi connectivity index (χ0) is 20.3. The van der Waals surface area contributed by atoms with Crippen LogP contribution in [0.3, 0.4) is 0 Å². The first kappa shape index (κ1) is 19.9. The molecule has 0 aliphatic rings. The summed E-state index contributed by atoms with van der Waals surface area (Å²) in [6, 6.07) is 13.7. The molecule has 1 atom stereocenters. The molecule has 0 saturated carbocycles. The van der Waals surface area contributed by atoms with Crippen LogP contribution in [0.25, 0.3) is 21.7 Å². The van der Waals surface area contributed by atoms with Crippen LogP contribution in [0.4, 0.5) is 0 Å². The van der Waals surface area contributed by atoms with Gasteiger partial charge in [0.2, 0.25) is 5.91 Å². The maximum absolute atomic E-state index is 13.0. The van der Waals surface area contributed by atoms with Gasteiger partial charge < -0.3 is 4.90 Å². The largest absolute Gasteiger partial charge is 0.344 e. The predicted molar refractivity (Wildman–Crippen MR) is 112 cm³/mol. The lowest BCUT2D eigenvalue weighted by Gasteiger charge is -2.21. The Morgan fingerprint density at radius 3 is 2.64 bits per heavy atom. The number of carbonyl (C=O) groups is 1. The van der Waals surface area contributed by atoms with Crippen molar-refractivity contribution >= 4 is 39.3 Å². The molecule has 0 aliphatic carbocycles. The summed E-state index contributed by atoms with van der Waals surface area (Å²) < 4.78 is 1.61. The van der Waals surface area contributed by atoms with Gasteiger partial charge in [0.25, 0.3) is 5.56 Å². The first-order valence-electron chi connectivity index (χ1n) is 9.18. The molecule has 1 heterocycles. The lowest BCUT2D eigenvalue weighted by atomic mass is 10.1. The smallest absolute Gasteiger partial charge is 0.262 e. The highest BCUT2D eigenvalue weighted by Gasteiger charge is 2.21. The lowest BCUT2D eigenvalue weighted by molar-refractivity contribution is -0.128. The minimum atomic E-state index is -0.411. The molecular weight excluding hydrogens is 372 g/mol. The van der Waals surface area contributed by atoms with Crippen LogP contribution in [-0.4, -0.2) is 39.2 Å². The van der Waals surface area contributed by atoms with Gasteiger partial charge in [-0.1, -0.05) is 36.0 Å². The fraction of sp³-hybridized carbons (Fsp3) is 0.333. The Hall–Kier alpha value is -2.85. The standard InChI is InChI=1S/C21H22N4O2S/c1-4-25-20(27)17-12-15-8-5-6-9-16(15)13-18(17)23-21(25)28-14(2)19(26)24(3)11-7-10-22/h5-6,8-9,12-14H,4,7,11H2,1-3H3/t14-/m0/s1. The molecule has 0 N–H and O–H groups in total. The summed E-state index contributed by atoms with van der Waals surface area (Å²) in [4.78, 5) is 31.8. The van der Waals surface area contributed by atoms with Crippen molar-refractivity contribution in [1.29, 1.82) is 5.26 Å². The second-order valence-electron chi connectivity index (χ2n) is 6.59. The molecule has 0 fully saturated rings. The van der Waals surface area contributed by atoms with Crippen LogP contribution >= 0.6 is 11.8 Å². The fourth-order valence-electron chi connectivity index (χ4n) is 3.10. The van der Waals surface area contributed by atoms with Crippen LogP contribution in [0.5, 0.6) is 0 Å². The van der Waals surface area contributed by atoms with Crippen molar-refractivity contribution in [2.24, 2.45) is 0 Å². The third kappa shape index (κ3) is 3.87. The van der Waals surface area contributed by atoms with E-state index in [1.807, 2.05) is 49.4 Å². The van der Waals surface area contributed by atoms with Crippen molar-refractivity contribution in [2.45, 2.75) is 37.2 Å². The highest BCUT2D eigenvalue weighted by molar-refractivity contribution is 8.00. The van der Waals surface area contributed by atoms with E-state index in [1.54, 1.807) is 23.4 Å². The molecule has 2 aromatic carbocycles. The van der Waals surface area contributed by atoms with Gasteiger partial charge in [0.15, 0.2) is 5.16 Å². The van der Waals surface area contributed by atoms with Gasteiger partial charge in [-0.05, 0) is 36.8 Å². The minimum Gasteiger partial charge on any atom is -0.344 e. The number of hydrogen-bond donors (Lipinski definition) is 0. The Kier molecular flexibility index (Phi) is 6.00. The van der Waals surface area contributed by atoms with Gasteiger partial charge in [0.05, 0.1) is 28.6 Å². The van der Waals surface area contributed by atoms with Gasteiger partial charge in [-0.25, -0.2) is 4.98 Å². The molecule has 0 spiro atoms. The van der Waals surface area contributed by atoms with Crippen LogP contribution < -0.4 is 5.56 Å². The monoisotopic (exact) mass is 394 g/mol. The molecule has 1 amide bonds. The lowest BCUT2D eigenvalue weighted by Crippen LogP contribution is -2.34. The summed E-state index contributed by atoms with van der Waals surface area (Å²) in [7, 11) is 1.68. The van der Waals surface area contributed by atoms with Crippen molar-refractivity contribution < 1.29 is 4.79 Å². The second kappa shape index (κ2) is 8.44. The Morgan fingerprint density at radius 1 is 1.32 bits per heavy atom. The molecule has 1 aromatic heterocycles. The van der Waals surface area contributed by atoms with Crippen LogP contribution in [0.1, 0.15) is 20.3 Å². The van der Waals surface area contributed by atoms with E-state index in [4.69, 9.17) is 10.2 Å². The Bertz CT molecular complexity index is 1130. The molecule has 3 rings (SSSR count). The number of aromatic nitrogens is 2. The molecule has 144 valence electrons. The van der Waals surface area contributed by atoms with Gasteiger partial charge in [0, 0.05) is 20.1 Å². The maximum Gasteiger partial charge on any atom is 0.262 e. The van der Waals surface area contributed by atoms with E-state index in [9.17, 15) is 9.59 Å². The van der Waals surface area contributed by atoms with Crippen molar-refractivity contribution in [3.05, 3.63) is 46.8 Å². The number of nitriles is 1. The van der Waals surface area contributed by atoms with Crippen LogP contribution in [0.2, 0.25) is 0 Å². The number of fused-ring (bicyclic) bond motifs is 2. The molecule has 0 unspecified atom stereocenters. The highest BCUT2D eigenvalue weighted by Crippen LogP contribution is 2.26. The number of carbonyl (C=O) groups excluding carboxylic acids is 1. The minimum absolute atomic E-state index is 0.0873. The molecule has 0 aliphatic heterocycles. The van der Waals surface area contributed by atoms with Gasteiger partial charge in [-0.2, -0.15) is 5.26 Å². The predicted octanol–water partition coefficient (Wildman–Crippen LogP) is 3.42. The first-order valence-corrected chi connectivity index (χ1v) is 10.1. The van der Waals surface area contributed by atoms with Crippen molar-refractivity contribution in [3.63, 3.8) is 0 Å². The Labute approximate surface area is 167 Å². The molecule has 0 saturated heterocycles. The third-order valence-corrected chi connectivity index (χ3v) is 5.75. The summed E-state index contributed by atoms with van der Waals surface area (Å²) in [6.07, 6.45) is 0.292. The second-order valence-corrected chi connectivity index (χ2v) is 7.90. The van der Waals surface area contributed by atoms with E-state index in [0.717, 1.165) is 10.8 Å². The third-order valence-electron chi connectivity index (χ3n) is 4.67. The van der Waals surface area contributed by atoms with Crippen LogP contribution in [0, 0.1) is 11.3 Å². The number of amides is 1. The summed E-state index contributed by atoms with van der Waals surface area (Å²) in [5.41, 5.74) is 0.534.